The molecule has 1 atom stereocenters. The van der Waals surface area contributed by atoms with Gasteiger partial charge in [0, 0.05) is 18.2 Å². The normalized spacial score (nSPS) is 17.3. The minimum absolute atomic E-state index is 0.00952. The number of likely N-dealkylation sites (tertiary alicyclic amines) is 1. The number of carbonyl (C=O) groups excluding carboxylic acids is 1. The maximum atomic E-state index is 14.1. The summed E-state index contributed by atoms with van der Waals surface area (Å²) in [5, 5.41) is 5.37. The molecule has 4 heterocycles. The fourth-order valence-electron chi connectivity index (χ4n) is 5.11. The van der Waals surface area contributed by atoms with Crippen molar-refractivity contribution in [3.05, 3.63) is 71.9 Å². The Morgan fingerprint density at radius 2 is 1.83 bits per heavy atom. The zero-order chi connectivity index (χ0) is 23.9. The summed E-state index contributed by atoms with van der Waals surface area (Å²) < 4.78 is 13.4. The van der Waals surface area contributed by atoms with E-state index in [4.69, 9.17) is 14.5 Å². The Labute approximate surface area is 204 Å². The molecule has 178 valence electrons. The molecule has 1 saturated heterocycles. The first-order valence-corrected chi connectivity index (χ1v) is 12.2. The lowest BCUT2D eigenvalue weighted by Gasteiger charge is -2.27. The summed E-state index contributed by atoms with van der Waals surface area (Å²) >= 11 is 0. The van der Waals surface area contributed by atoms with E-state index in [0.717, 1.165) is 52.2 Å². The maximum Gasteiger partial charge on any atom is 0.255 e. The van der Waals surface area contributed by atoms with Crippen LogP contribution in [-0.4, -0.2) is 45.3 Å². The largest absolute Gasteiger partial charge is 0.486 e. The van der Waals surface area contributed by atoms with Crippen LogP contribution in [0.3, 0.4) is 0 Å². The SMILES string of the molecule is CC(C)n1ncc2c(C(=O)N3CCCC3c3ccc4c(c3)OCCO4)cc(-c3ccccc3)nc21. The Bertz CT molecular complexity index is 1400. The van der Waals surface area contributed by atoms with Gasteiger partial charge in [0.1, 0.15) is 13.2 Å². The average Bonchev–Trinajstić information content (AvgIpc) is 3.56. The summed E-state index contributed by atoms with van der Waals surface area (Å²) in [4.78, 5) is 21.0. The maximum absolute atomic E-state index is 14.1. The highest BCUT2D eigenvalue weighted by atomic mass is 16.6. The van der Waals surface area contributed by atoms with E-state index in [2.05, 4.69) is 25.0 Å². The number of fused-ring (bicyclic) bond motifs is 2. The molecule has 0 saturated carbocycles. The highest BCUT2D eigenvalue weighted by Crippen LogP contribution is 2.39. The number of ether oxygens (including phenoxy) is 2. The van der Waals surface area contributed by atoms with Crippen LogP contribution in [0.5, 0.6) is 11.5 Å². The highest BCUT2D eigenvalue weighted by molar-refractivity contribution is 6.06. The van der Waals surface area contributed by atoms with Crippen molar-refractivity contribution in [2.75, 3.05) is 19.8 Å². The van der Waals surface area contributed by atoms with Gasteiger partial charge in [-0.3, -0.25) is 4.79 Å². The van der Waals surface area contributed by atoms with Crippen molar-refractivity contribution in [1.82, 2.24) is 19.7 Å². The Balaban J connectivity index is 1.43. The zero-order valence-corrected chi connectivity index (χ0v) is 20.0. The van der Waals surface area contributed by atoms with Crippen LogP contribution in [0.2, 0.25) is 0 Å². The molecule has 2 aliphatic heterocycles. The Hall–Kier alpha value is -3.87. The summed E-state index contributed by atoms with van der Waals surface area (Å²) in [6, 6.07) is 18.1. The van der Waals surface area contributed by atoms with Crippen molar-refractivity contribution < 1.29 is 14.3 Å². The molecule has 2 aromatic carbocycles. The standard InChI is InChI=1S/C28H28N4O3/c1-18(2)32-27-22(17-29-32)21(16-23(30-27)19-7-4-3-5-8-19)28(33)31-12-6-9-24(31)20-10-11-25-26(15-20)35-14-13-34-25/h3-5,7-8,10-11,15-18,24H,6,9,12-14H2,1-2H3. The third-order valence-electron chi connectivity index (χ3n) is 6.82. The van der Waals surface area contributed by atoms with Crippen LogP contribution in [0, 0.1) is 0 Å². The van der Waals surface area contributed by atoms with Gasteiger partial charge in [0.05, 0.1) is 28.9 Å². The second-order valence-electron chi connectivity index (χ2n) is 9.40. The number of aromatic nitrogens is 3. The van der Waals surface area contributed by atoms with E-state index in [0.29, 0.717) is 25.3 Å². The molecular formula is C28H28N4O3. The number of carbonyl (C=O) groups is 1. The molecule has 1 amide bonds. The molecule has 2 aliphatic rings. The smallest absolute Gasteiger partial charge is 0.255 e. The second-order valence-corrected chi connectivity index (χ2v) is 9.40. The van der Waals surface area contributed by atoms with Gasteiger partial charge in [0.15, 0.2) is 17.1 Å². The van der Waals surface area contributed by atoms with Crippen LogP contribution in [0.1, 0.15) is 54.7 Å². The van der Waals surface area contributed by atoms with E-state index >= 15 is 0 Å². The minimum atomic E-state index is -0.0122. The fraction of sp³-hybridized carbons (Fsp3) is 0.321. The van der Waals surface area contributed by atoms with Crippen LogP contribution in [0.15, 0.2) is 60.8 Å². The van der Waals surface area contributed by atoms with Crippen molar-refractivity contribution in [2.24, 2.45) is 0 Å². The molecule has 2 aromatic heterocycles. The summed E-state index contributed by atoms with van der Waals surface area (Å²) in [5.41, 5.74) is 4.21. The Morgan fingerprint density at radius 1 is 1.03 bits per heavy atom. The second kappa shape index (κ2) is 8.73. The predicted molar refractivity (Wildman–Crippen MR) is 134 cm³/mol. The Kier molecular flexibility index (Phi) is 5.40. The monoisotopic (exact) mass is 468 g/mol. The predicted octanol–water partition coefficient (Wildman–Crippen LogP) is 5.43. The molecule has 4 aromatic rings. The topological polar surface area (TPSA) is 69.5 Å². The lowest BCUT2D eigenvalue weighted by Crippen LogP contribution is -2.31. The average molecular weight is 469 g/mol. The molecule has 1 unspecified atom stereocenters. The summed E-state index contributed by atoms with van der Waals surface area (Å²) in [6.07, 6.45) is 3.64. The summed E-state index contributed by atoms with van der Waals surface area (Å²) in [5.74, 6) is 1.53. The number of nitrogens with zero attached hydrogens (tertiary/aromatic N) is 4. The van der Waals surface area contributed by atoms with E-state index in [1.165, 1.54) is 0 Å². The number of hydrogen-bond donors (Lipinski definition) is 0. The van der Waals surface area contributed by atoms with E-state index in [-0.39, 0.29) is 18.0 Å². The quantitative estimate of drug-likeness (QED) is 0.400. The van der Waals surface area contributed by atoms with Crippen LogP contribution in [-0.2, 0) is 0 Å². The van der Waals surface area contributed by atoms with Crippen molar-refractivity contribution in [1.29, 1.82) is 0 Å². The molecule has 0 aliphatic carbocycles. The number of pyridine rings is 1. The lowest BCUT2D eigenvalue weighted by molar-refractivity contribution is 0.0737. The molecule has 0 N–H and O–H groups in total. The van der Waals surface area contributed by atoms with Gasteiger partial charge in [-0.25, -0.2) is 9.67 Å². The zero-order valence-electron chi connectivity index (χ0n) is 20.0. The van der Waals surface area contributed by atoms with E-state index in [1.807, 2.05) is 58.1 Å². The molecule has 6 rings (SSSR count). The fourth-order valence-corrected chi connectivity index (χ4v) is 5.11. The highest BCUT2D eigenvalue weighted by Gasteiger charge is 2.33. The van der Waals surface area contributed by atoms with E-state index in [9.17, 15) is 4.79 Å². The summed E-state index contributed by atoms with van der Waals surface area (Å²) in [6.45, 7) is 5.96. The molecule has 0 radical (unpaired) electrons. The summed E-state index contributed by atoms with van der Waals surface area (Å²) in [7, 11) is 0. The van der Waals surface area contributed by atoms with Crippen molar-refractivity contribution in [3.63, 3.8) is 0 Å². The number of amides is 1. The third kappa shape index (κ3) is 3.81. The van der Waals surface area contributed by atoms with Crippen LogP contribution in [0.25, 0.3) is 22.3 Å². The molecule has 0 bridgehead atoms. The van der Waals surface area contributed by atoms with Gasteiger partial charge in [-0.1, -0.05) is 36.4 Å². The Morgan fingerprint density at radius 3 is 2.63 bits per heavy atom. The van der Waals surface area contributed by atoms with E-state index < -0.39 is 0 Å². The minimum Gasteiger partial charge on any atom is -0.486 e. The first-order valence-electron chi connectivity index (χ1n) is 12.2. The van der Waals surface area contributed by atoms with Gasteiger partial charge < -0.3 is 14.4 Å². The molecule has 0 spiro atoms. The van der Waals surface area contributed by atoms with Crippen molar-refractivity contribution in [3.8, 4) is 22.8 Å². The van der Waals surface area contributed by atoms with Gasteiger partial charge in [0.2, 0.25) is 0 Å². The van der Waals surface area contributed by atoms with Gasteiger partial charge >= 0.3 is 0 Å². The van der Waals surface area contributed by atoms with Crippen molar-refractivity contribution >= 4 is 16.9 Å². The van der Waals surface area contributed by atoms with Crippen LogP contribution < -0.4 is 9.47 Å². The van der Waals surface area contributed by atoms with Gasteiger partial charge in [-0.2, -0.15) is 5.10 Å². The molecular weight excluding hydrogens is 440 g/mol. The van der Waals surface area contributed by atoms with Crippen molar-refractivity contribution in [2.45, 2.75) is 38.8 Å². The first kappa shape index (κ1) is 21.6. The van der Waals surface area contributed by atoms with Crippen LogP contribution >= 0.6 is 0 Å². The van der Waals surface area contributed by atoms with Crippen LogP contribution in [0.4, 0.5) is 0 Å². The number of benzene rings is 2. The number of rotatable bonds is 4. The molecule has 7 heteroatoms. The van der Waals surface area contributed by atoms with Gasteiger partial charge in [0.25, 0.3) is 5.91 Å². The first-order chi connectivity index (χ1) is 17.1. The molecule has 1 fully saturated rings. The lowest BCUT2D eigenvalue weighted by atomic mass is 10.0. The van der Waals surface area contributed by atoms with Gasteiger partial charge in [-0.05, 0) is 50.5 Å². The third-order valence-corrected chi connectivity index (χ3v) is 6.82. The number of hydrogen-bond acceptors (Lipinski definition) is 5. The van der Waals surface area contributed by atoms with Gasteiger partial charge in [-0.15, -0.1) is 0 Å². The van der Waals surface area contributed by atoms with E-state index in [1.54, 1.807) is 6.20 Å². The molecule has 35 heavy (non-hydrogen) atoms. The molecule has 7 nitrogen and oxygen atoms in total.